The van der Waals surface area contributed by atoms with Crippen molar-refractivity contribution in [1.82, 2.24) is 34.9 Å². The highest BCUT2D eigenvalue weighted by atomic mass is 16.5. The molecule has 0 spiro atoms. The second-order valence-corrected chi connectivity index (χ2v) is 8.41. The van der Waals surface area contributed by atoms with Crippen molar-refractivity contribution in [1.29, 1.82) is 0 Å². The van der Waals surface area contributed by atoms with E-state index in [1.807, 2.05) is 55.5 Å². The Morgan fingerprint density at radius 2 is 1.97 bits per heavy atom. The van der Waals surface area contributed by atoms with Crippen LogP contribution in [0.5, 0.6) is 5.75 Å². The number of aryl methyl sites for hydroxylation is 1. The normalized spacial score (nSPS) is 13.2. The highest BCUT2D eigenvalue weighted by molar-refractivity contribution is 6.12. The fourth-order valence-corrected chi connectivity index (χ4v) is 4.16. The van der Waals surface area contributed by atoms with Gasteiger partial charge < -0.3 is 4.74 Å². The average Bonchev–Trinajstić information content (AvgIpc) is 3.56. The van der Waals surface area contributed by atoms with Gasteiger partial charge in [0.15, 0.2) is 17.3 Å². The number of carbonyl (C=O) groups is 1. The monoisotopic (exact) mass is 466 g/mol. The van der Waals surface area contributed by atoms with Gasteiger partial charge in [0.25, 0.3) is 5.91 Å². The zero-order valence-electron chi connectivity index (χ0n) is 19.2. The Hall–Kier alpha value is -4.60. The number of fused-ring (bicyclic) bond motifs is 1. The van der Waals surface area contributed by atoms with Crippen molar-refractivity contribution < 1.29 is 9.53 Å². The lowest BCUT2D eigenvalue weighted by molar-refractivity contribution is 0.102. The number of pyridine rings is 2. The Morgan fingerprint density at radius 3 is 2.74 bits per heavy atom. The van der Waals surface area contributed by atoms with E-state index in [9.17, 15) is 4.79 Å². The number of amides is 1. The van der Waals surface area contributed by atoms with Gasteiger partial charge in [-0.1, -0.05) is 18.2 Å². The lowest BCUT2D eigenvalue weighted by Crippen LogP contribution is -2.15. The number of nitrogens with one attached hydrogen (secondary N) is 2. The maximum Gasteiger partial charge on any atom is 0.258 e. The van der Waals surface area contributed by atoms with Crippen molar-refractivity contribution in [2.24, 2.45) is 0 Å². The van der Waals surface area contributed by atoms with Crippen molar-refractivity contribution in [3.63, 3.8) is 0 Å². The molecule has 1 aliphatic rings. The van der Waals surface area contributed by atoms with Gasteiger partial charge in [-0.25, -0.2) is 9.97 Å². The van der Waals surface area contributed by atoms with Gasteiger partial charge in [0, 0.05) is 17.8 Å². The van der Waals surface area contributed by atoms with Gasteiger partial charge in [0.2, 0.25) is 5.95 Å². The van der Waals surface area contributed by atoms with Gasteiger partial charge >= 0.3 is 0 Å². The summed E-state index contributed by atoms with van der Waals surface area (Å²) >= 11 is 0. The predicted molar refractivity (Wildman–Crippen MR) is 130 cm³/mol. The average molecular weight is 467 g/mol. The highest BCUT2D eigenvalue weighted by Crippen LogP contribution is 2.40. The van der Waals surface area contributed by atoms with E-state index in [4.69, 9.17) is 9.72 Å². The summed E-state index contributed by atoms with van der Waals surface area (Å²) in [6.07, 6.45) is 3.82. The van der Waals surface area contributed by atoms with Crippen LogP contribution in [0.4, 0.5) is 5.95 Å². The standard InChI is InChI=1S/C25H22N8O2/c1-14-21-17(24(34)29-25-28-22(30-31-25)16-7-3-4-8-19(16)35-2)13-18(15-10-11-15)27-23(21)33(32-14)20-9-5-6-12-26-20/h3-9,12-13,15H,10-11H2,1-2H3,(H2,28,29,30,31,34). The van der Waals surface area contributed by atoms with Gasteiger partial charge in [0.1, 0.15) is 5.75 Å². The maximum absolute atomic E-state index is 13.5. The fraction of sp³-hybridized carbons (Fsp3) is 0.200. The summed E-state index contributed by atoms with van der Waals surface area (Å²) in [6.45, 7) is 1.86. The zero-order chi connectivity index (χ0) is 23.9. The number of ether oxygens (including phenoxy) is 1. The lowest BCUT2D eigenvalue weighted by atomic mass is 10.1. The maximum atomic E-state index is 13.5. The summed E-state index contributed by atoms with van der Waals surface area (Å²) in [5.41, 5.74) is 3.42. The van der Waals surface area contributed by atoms with Crippen LogP contribution in [0, 0.1) is 6.92 Å². The Kier molecular flexibility index (Phi) is 4.98. The van der Waals surface area contributed by atoms with Crippen molar-refractivity contribution in [3.8, 4) is 23.0 Å². The summed E-state index contributed by atoms with van der Waals surface area (Å²) in [4.78, 5) is 27.2. The van der Waals surface area contributed by atoms with E-state index in [-0.39, 0.29) is 11.9 Å². The van der Waals surface area contributed by atoms with Crippen molar-refractivity contribution >= 4 is 22.9 Å². The van der Waals surface area contributed by atoms with Crippen molar-refractivity contribution in [2.45, 2.75) is 25.7 Å². The SMILES string of the molecule is COc1ccccc1-c1nc(NC(=O)c2cc(C3CC3)nc3c2c(C)nn3-c2ccccn2)n[nH]1. The molecule has 0 aliphatic heterocycles. The number of anilines is 1. The molecule has 6 rings (SSSR count). The Labute approximate surface area is 200 Å². The van der Waals surface area contributed by atoms with Crippen LogP contribution >= 0.6 is 0 Å². The first-order valence-corrected chi connectivity index (χ1v) is 11.3. The molecule has 2 N–H and O–H groups in total. The number of para-hydroxylation sites is 1. The molecule has 10 nitrogen and oxygen atoms in total. The quantitative estimate of drug-likeness (QED) is 0.387. The smallest absolute Gasteiger partial charge is 0.258 e. The van der Waals surface area contributed by atoms with Crippen LogP contribution in [0.3, 0.4) is 0 Å². The summed E-state index contributed by atoms with van der Waals surface area (Å²) in [6, 6.07) is 14.9. The molecule has 174 valence electrons. The first-order valence-electron chi connectivity index (χ1n) is 11.3. The van der Waals surface area contributed by atoms with E-state index in [0.717, 1.165) is 24.1 Å². The zero-order valence-corrected chi connectivity index (χ0v) is 19.2. The molecular formula is C25H22N8O2. The number of rotatable bonds is 6. The molecule has 35 heavy (non-hydrogen) atoms. The number of nitrogens with zero attached hydrogens (tertiary/aromatic N) is 6. The molecule has 1 amide bonds. The fourth-order valence-electron chi connectivity index (χ4n) is 4.16. The van der Waals surface area contributed by atoms with E-state index in [1.54, 1.807) is 18.0 Å². The molecule has 4 aromatic heterocycles. The number of carbonyl (C=O) groups excluding carboxylic acids is 1. The lowest BCUT2D eigenvalue weighted by Gasteiger charge is -2.08. The first-order chi connectivity index (χ1) is 17.1. The molecule has 0 atom stereocenters. The van der Waals surface area contributed by atoms with E-state index >= 15 is 0 Å². The van der Waals surface area contributed by atoms with E-state index < -0.39 is 0 Å². The molecule has 1 aromatic carbocycles. The van der Waals surface area contributed by atoms with Crippen LogP contribution in [-0.2, 0) is 0 Å². The third kappa shape index (κ3) is 3.78. The third-order valence-electron chi connectivity index (χ3n) is 6.01. The van der Waals surface area contributed by atoms with Crippen LogP contribution in [0.2, 0.25) is 0 Å². The summed E-state index contributed by atoms with van der Waals surface area (Å²) < 4.78 is 7.10. The van der Waals surface area contributed by atoms with Crippen LogP contribution < -0.4 is 10.1 Å². The van der Waals surface area contributed by atoms with Gasteiger partial charge in [-0.3, -0.25) is 15.2 Å². The second kappa shape index (κ2) is 8.32. The largest absolute Gasteiger partial charge is 0.496 e. The number of H-pyrrole nitrogens is 1. The summed E-state index contributed by atoms with van der Waals surface area (Å²) in [7, 11) is 1.59. The van der Waals surface area contributed by atoms with E-state index in [1.165, 1.54) is 0 Å². The minimum Gasteiger partial charge on any atom is -0.496 e. The highest BCUT2D eigenvalue weighted by Gasteiger charge is 2.29. The number of hydrogen-bond acceptors (Lipinski definition) is 7. The third-order valence-corrected chi connectivity index (χ3v) is 6.01. The number of aromatic nitrogens is 7. The van der Waals surface area contributed by atoms with Crippen LogP contribution in [0.15, 0.2) is 54.7 Å². The molecule has 0 radical (unpaired) electrons. The van der Waals surface area contributed by atoms with Gasteiger partial charge in [-0.2, -0.15) is 14.8 Å². The molecule has 5 aromatic rings. The topological polar surface area (TPSA) is 124 Å². The molecule has 0 bridgehead atoms. The van der Waals surface area contributed by atoms with E-state index in [2.05, 4.69) is 30.6 Å². The molecule has 0 unspecified atom stereocenters. The number of methoxy groups -OCH3 is 1. The molecule has 10 heteroatoms. The van der Waals surface area contributed by atoms with Gasteiger partial charge in [0.05, 0.1) is 29.3 Å². The molecule has 0 saturated heterocycles. The molecule has 1 fully saturated rings. The Bertz CT molecular complexity index is 1550. The Morgan fingerprint density at radius 1 is 1.14 bits per heavy atom. The first kappa shape index (κ1) is 21.0. The number of aromatic amines is 1. The molecule has 4 heterocycles. The Balaban J connectivity index is 1.39. The van der Waals surface area contributed by atoms with Crippen molar-refractivity contribution in [3.05, 3.63) is 71.7 Å². The second-order valence-electron chi connectivity index (χ2n) is 8.41. The molecular weight excluding hydrogens is 444 g/mol. The number of hydrogen-bond donors (Lipinski definition) is 2. The van der Waals surface area contributed by atoms with Crippen LogP contribution in [-0.4, -0.2) is 47.9 Å². The van der Waals surface area contributed by atoms with Crippen LogP contribution in [0.1, 0.15) is 40.5 Å². The molecule has 1 saturated carbocycles. The van der Waals surface area contributed by atoms with Gasteiger partial charge in [-0.05, 0) is 50.1 Å². The minimum absolute atomic E-state index is 0.170. The van der Waals surface area contributed by atoms with Crippen LogP contribution in [0.25, 0.3) is 28.2 Å². The summed E-state index contributed by atoms with van der Waals surface area (Å²) in [5.74, 6) is 1.99. The predicted octanol–water partition coefficient (Wildman–Crippen LogP) is 4.05. The number of benzene rings is 1. The van der Waals surface area contributed by atoms with Crippen molar-refractivity contribution in [2.75, 3.05) is 12.4 Å². The van der Waals surface area contributed by atoms with E-state index in [0.29, 0.717) is 45.6 Å². The molecule has 1 aliphatic carbocycles. The summed E-state index contributed by atoms with van der Waals surface area (Å²) in [5, 5.41) is 15.2. The van der Waals surface area contributed by atoms with Gasteiger partial charge in [-0.15, -0.1) is 5.10 Å². The minimum atomic E-state index is -0.325.